The molecule has 47 heavy (non-hydrogen) atoms. The van der Waals surface area contributed by atoms with Crippen molar-refractivity contribution in [3.8, 4) is 11.5 Å². The molecule has 6 rings (SSSR count). The molecular formula is C35H38FN5O4S2. The summed E-state index contributed by atoms with van der Waals surface area (Å²) in [6, 6.07) is 15.0. The number of hydrogen-bond acceptors (Lipinski definition) is 7. The molecular weight excluding hydrogens is 638 g/mol. The SMILES string of the molecule is Cn1nc2nc1-c1cc(ccn1)Sc1c(F)cc3[nH]cc(CC(=O)O)c3c1CCS(=O)(=O)CC(C)(C)CCC[C@]2(C)c1ccccc1. The van der Waals surface area contributed by atoms with Crippen LogP contribution in [0.5, 0.6) is 0 Å². The topological polar surface area (TPSA) is 131 Å². The Kier molecular flexibility index (Phi) is 8.77. The number of nitrogens with zero attached hydrogens (tertiary/aromatic N) is 4. The molecule has 4 heterocycles. The number of hydrogen-bond donors (Lipinski definition) is 2. The molecule has 2 N–H and O–H groups in total. The van der Waals surface area contributed by atoms with Crippen molar-refractivity contribution >= 4 is 38.5 Å². The van der Waals surface area contributed by atoms with Crippen molar-refractivity contribution in [3.05, 3.63) is 89.3 Å². The van der Waals surface area contributed by atoms with Crippen LogP contribution in [-0.2, 0) is 39.9 Å². The van der Waals surface area contributed by atoms with Gasteiger partial charge in [-0.05, 0) is 66.5 Å². The molecule has 0 fully saturated rings. The van der Waals surface area contributed by atoms with Crippen LogP contribution in [0.3, 0.4) is 0 Å². The Labute approximate surface area is 278 Å². The van der Waals surface area contributed by atoms with Crippen molar-refractivity contribution in [2.45, 2.75) is 68.1 Å². The first-order chi connectivity index (χ1) is 22.2. The van der Waals surface area contributed by atoms with Crippen LogP contribution >= 0.6 is 11.8 Å². The highest BCUT2D eigenvalue weighted by Gasteiger charge is 2.35. The van der Waals surface area contributed by atoms with Crippen molar-refractivity contribution < 1.29 is 22.7 Å². The fourth-order valence-corrected chi connectivity index (χ4v) is 9.73. The zero-order valence-corrected chi connectivity index (χ0v) is 28.5. The molecule has 0 radical (unpaired) electrons. The van der Waals surface area contributed by atoms with Gasteiger partial charge in [-0.2, -0.15) is 5.10 Å². The van der Waals surface area contributed by atoms with Gasteiger partial charge < -0.3 is 10.1 Å². The Balaban J connectivity index is 1.52. The maximum atomic E-state index is 15.9. The molecule has 0 spiro atoms. The number of aromatic amines is 1. The van der Waals surface area contributed by atoms with Crippen LogP contribution in [-0.4, -0.2) is 55.7 Å². The smallest absolute Gasteiger partial charge is 0.307 e. The second-order valence-electron chi connectivity index (χ2n) is 13.4. The Morgan fingerprint density at radius 2 is 1.89 bits per heavy atom. The lowest BCUT2D eigenvalue weighted by Gasteiger charge is -2.30. The van der Waals surface area contributed by atoms with Crippen LogP contribution in [0.25, 0.3) is 22.4 Å². The van der Waals surface area contributed by atoms with Gasteiger partial charge in [0.05, 0.1) is 28.2 Å². The Morgan fingerprint density at radius 1 is 1.13 bits per heavy atom. The van der Waals surface area contributed by atoms with Gasteiger partial charge in [0.25, 0.3) is 0 Å². The summed E-state index contributed by atoms with van der Waals surface area (Å²) in [5.41, 5.74) is 1.95. The molecule has 2 aromatic carbocycles. The number of benzene rings is 2. The van der Waals surface area contributed by atoms with Crippen molar-refractivity contribution in [1.82, 2.24) is 24.7 Å². The summed E-state index contributed by atoms with van der Waals surface area (Å²) in [7, 11) is -1.75. The van der Waals surface area contributed by atoms with Gasteiger partial charge in [-0.15, -0.1) is 0 Å². The Morgan fingerprint density at radius 3 is 2.64 bits per heavy atom. The van der Waals surface area contributed by atoms with E-state index in [4.69, 9.17) is 10.1 Å². The van der Waals surface area contributed by atoms with E-state index in [1.54, 1.807) is 23.1 Å². The number of rotatable bonds is 3. The minimum atomic E-state index is -3.58. The lowest BCUT2D eigenvalue weighted by molar-refractivity contribution is -0.136. The van der Waals surface area contributed by atoms with Crippen LogP contribution in [0.1, 0.15) is 62.5 Å². The summed E-state index contributed by atoms with van der Waals surface area (Å²) < 4.78 is 45.0. The standard InChI is InChI=1S/C35H38FN5O4S2/c1-34(2)13-8-14-35(3,23-9-6-5-7-10-23)33-39-32(41(4)40-33)28-18-24(11-15-37-28)46-31-25(12-16-47(44,45)21-34)30-22(17-29(42)43)20-38-27(30)19-26(31)36/h5-7,9-11,15,18-20,38H,8,12-14,16-17,21H2,1-4H3,(H,42,43)/t35-/m1/s1. The average Bonchev–Trinajstić information content (AvgIpc) is 3.59. The molecule has 0 saturated carbocycles. The number of fused-ring (bicyclic) bond motifs is 8. The molecule has 1 atom stereocenters. The van der Waals surface area contributed by atoms with Crippen LogP contribution < -0.4 is 0 Å². The maximum absolute atomic E-state index is 15.9. The number of pyridine rings is 1. The monoisotopic (exact) mass is 675 g/mol. The molecule has 9 nitrogen and oxygen atoms in total. The molecule has 12 heteroatoms. The fraction of sp³-hybridized carbons (Fsp3) is 0.371. The Hall–Kier alpha value is -4.03. The van der Waals surface area contributed by atoms with Crippen molar-refractivity contribution in [1.29, 1.82) is 0 Å². The number of carboxylic acids is 1. The number of halogens is 1. The quantitative estimate of drug-likeness (QED) is 0.215. The van der Waals surface area contributed by atoms with Crippen LogP contribution in [0.15, 0.2) is 70.7 Å². The zero-order chi connectivity index (χ0) is 33.6. The van der Waals surface area contributed by atoms with E-state index < -0.39 is 32.5 Å². The molecule has 5 aromatic rings. The zero-order valence-electron chi connectivity index (χ0n) is 26.9. The summed E-state index contributed by atoms with van der Waals surface area (Å²) in [6.07, 6.45) is 5.06. The normalized spacial score (nSPS) is 19.9. The van der Waals surface area contributed by atoms with Gasteiger partial charge in [0, 0.05) is 35.2 Å². The van der Waals surface area contributed by atoms with Crippen molar-refractivity contribution in [2.75, 3.05) is 11.5 Å². The summed E-state index contributed by atoms with van der Waals surface area (Å²) in [5.74, 6) is -0.560. The first-order valence-electron chi connectivity index (χ1n) is 15.6. The molecule has 0 amide bonds. The second kappa shape index (κ2) is 12.5. The van der Waals surface area contributed by atoms with Gasteiger partial charge in [-0.25, -0.2) is 22.5 Å². The summed E-state index contributed by atoms with van der Waals surface area (Å²) >= 11 is 1.16. The van der Waals surface area contributed by atoms with E-state index in [1.807, 2.05) is 45.2 Å². The predicted octanol–water partition coefficient (Wildman–Crippen LogP) is 6.75. The fourth-order valence-electron chi connectivity index (χ4n) is 6.72. The van der Waals surface area contributed by atoms with E-state index in [9.17, 15) is 18.3 Å². The number of carboxylic acid groups (broad SMARTS) is 1. The number of aromatic nitrogens is 5. The number of H-pyrrole nitrogens is 1. The number of aryl methyl sites for hydroxylation is 2. The summed E-state index contributed by atoms with van der Waals surface area (Å²) in [5, 5.41) is 15.0. The van der Waals surface area contributed by atoms with E-state index in [-0.39, 0.29) is 29.2 Å². The molecule has 246 valence electrons. The predicted molar refractivity (Wildman–Crippen MR) is 181 cm³/mol. The summed E-state index contributed by atoms with van der Waals surface area (Å²) in [4.78, 5) is 25.3. The first kappa shape index (κ1) is 32.9. The largest absolute Gasteiger partial charge is 0.481 e. The van der Waals surface area contributed by atoms with Crippen LogP contribution in [0.2, 0.25) is 0 Å². The molecule has 1 aliphatic heterocycles. The minimum absolute atomic E-state index is 0.0300. The average molecular weight is 676 g/mol. The van der Waals surface area contributed by atoms with Gasteiger partial charge in [0.2, 0.25) is 0 Å². The molecule has 3 aromatic heterocycles. The van der Waals surface area contributed by atoms with Crippen LogP contribution in [0, 0.1) is 11.2 Å². The van der Waals surface area contributed by atoms with E-state index in [1.165, 1.54) is 6.07 Å². The number of sulfone groups is 1. The third kappa shape index (κ3) is 6.85. The highest BCUT2D eigenvalue weighted by molar-refractivity contribution is 7.99. The molecule has 0 saturated heterocycles. The van der Waals surface area contributed by atoms with Crippen molar-refractivity contribution in [2.24, 2.45) is 12.5 Å². The van der Waals surface area contributed by atoms with Gasteiger partial charge in [0.15, 0.2) is 21.5 Å². The lowest BCUT2D eigenvalue weighted by atomic mass is 9.75. The minimum Gasteiger partial charge on any atom is -0.481 e. The Bertz CT molecular complexity index is 2070. The van der Waals surface area contributed by atoms with E-state index >= 15 is 4.39 Å². The molecule has 1 aliphatic rings. The summed E-state index contributed by atoms with van der Waals surface area (Å²) in [6.45, 7) is 6.07. The lowest BCUT2D eigenvalue weighted by Crippen LogP contribution is -2.29. The first-order valence-corrected chi connectivity index (χ1v) is 18.2. The number of nitrogens with one attached hydrogen (secondary N) is 1. The molecule has 0 unspecified atom stereocenters. The van der Waals surface area contributed by atoms with E-state index in [2.05, 4.69) is 29.0 Å². The van der Waals surface area contributed by atoms with Gasteiger partial charge in [-0.3, -0.25) is 9.78 Å². The number of aliphatic carboxylic acids is 1. The third-order valence-corrected chi connectivity index (χ3v) is 12.2. The van der Waals surface area contributed by atoms with E-state index in [0.717, 1.165) is 23.7 Å². The van der Waals surface area contributed by atoms with Gasteiger partial charge >= 0.3 is 5.97 Å². The highest BCUT2D eigenvalue weighted by Crippen LogP contribution is 2.41. The number of carbonyl (C=O) groups is 1. The second-order valence-corrected chi connectivity index (χ2v) is 16.7. The maximum Gasteiger partial charge on any atom is 0.307 e. The van der Waals surface area contributed by atoms with Gasteiger partial charge in [-0.1, -0.05) is 62.4 Å². The van der Waals surface area contributed by atoms with Crippen LogP contribution in [0.4, 0.5) is 4.39 Å². The third-order valence-electron chi connectivity index (χ3n) is 9.05. The van der Waals surface area contributed by atoms with Gasteiger partial charge in [0.1, 0.15) is 11.5 Å². The highest BCUT2D eigenvalue weighted by atomic mass is 32.2. The molecule has 4 bridgehead atoms. The van der Waals surface area contributed by atoms with Crippen molar-refractivity contribution in [3.63, 3.8) is 0 Å². The van der Waals surface area contributed by atoms with E-state index in [0.29, 0.717) is 57.1 Å². The molecule has 0 aliphatic carbocycles.